The number of urea groups is 1. The smallest absolute Gasteiger partial charge is 0.315 e. The zero-order chi connectivity index (χ0) is 8.69. The van der Waals surface area contributed by atoms with E-state index in [1.807, 2.05) is 13.8 Å². The maximum absolute atomic E-state index is 10.8. The third-order valence-corrected chi connectivity index (χ3v) is 1.39. The van der Waals surface area contributed by atoms with E-state index in [9.17, 15) is 4.79 Å². The van der Waals surface area contributed by atoms with Gasteiger partial charge in [-0.1, -0.05) is 6.92 Å². The molecule has 0 bridgehead atoms. The highest BCUT2D eigenvalue weighted by Gasteiger charge is 2.02. The van der Waals surface area contributed by atoms with Crippen LogP contribution < -0.4 is 10.6 Å². The van der Waals surface area contributed by atoms with Crippen molar-refractivity contribution < 1.29 is 9.90 Å². The second-order valence-electron chi connectivity index (χ2n) is 2.43. The molecule has 1 unspecified atom stereocenters. The van der Waals surface area contributed by atoms with E-state index in [4.69, 9.17) is 5.11 Å². The SMILES string of the molecule is CCC(C)NC(=O)NCCO. The lowest BCUT2D eigenvalue weighted by Gasteiger charge is -2.11. The average molecular weight is 160 g/mol. The van der Waals surface area contributed by atoms with Gasteiger partial charge in [-0.25, -0.2) is 4.79 Å². The Morgan fingerprint density at radius 2 is 2.27 bits per heavy atom. The highest BCUT2D eigenvalue weighted by molar-refractivity contribution is 5.74. The number of hydrogen-bond donors (Lipinski definition) is 3. The predicted octanol–water partition coefficient (Wildman–Crippen LogP) is 0.0764. The van der Waals surface area contributed by atoms with Gasteiger partial charge in [0, 0.05) is 12.6 Å². The van der Waals surface area contributed by atoms with E-state index in [1.54, 1.807) is 0 Å². The molecule has 66 valence electrons. The molecule has 1 atom stereocenters. The van der Waals surface area contributed by atoms with Gasteiger partial charge in [0.05, 0.1) is 6.61 Å². The van der Waals surface area contributed by atoms with Crippen molar-refractivity contribution in [1.82, 2.24) is 10.6 Å². The number of nitrogens with one attached hydrogen (secondary N) is 2. The second-order valence-corrected chi connectivity index (χ2v) is 2.43. The van der Waals surface area contributed by atoms with Crippen molar-refractivity contribution >= 4 is 6.03 Å². The van der Waals surface area contributed by atoms with Crippen LogP contribution in [-0.2, 0) is 0 Å². The molecule has 0 saturated carbocycles. The molecule has 3 N–H and O–H groups in total. The summed E-state index contributed by atoms with van der Waals surface area (Å²) in [5, 5.41) is 13.6. The predicted molar refractivity (Wildman–Crippen MR) is 43.4 cm³/mol. The Hall–Kier alpha value is -0.770. The van der Waals surface area contributed by atoms with Gasteiger partial charge in [0.2, 0.25) is 0 Å². The van der Waals surface area contributed by atoms with Crippen molar-refractivity contribution in [3.05, 3.63) is 0 Å². The molecule has 11 heavy (non-hydrogen) atoms. The molecule has 0 spiro atoms. The first-order chi connectivity index (χ1) is 5.20. The zero-order valence-electron chi connectivity index (χ0n) is 7.05. The fourth-order valence-electron chi connectivity index (χ4n) is 0.546. The third-order valence-electron chi connectivity index (χ3n) is 1.39. The Bertz CT molecular complexity index is 117. The summed E-state index contributed by atoms with van der Waals surface area (Å²) in [5.74, 6) is 0. The van der Waals surface area contributed by atoms with Gasteiger partial charge in [-0.15, -0.1) is 0 Å². The number of aliphatic hydroxyl groups is 1. The number of carbonyl (C=O) groups is 1. The molecule has 0 heterocycles. The lowest BCUT2D eigenvalue weighted by atomic mass is 10.3. The molecule has 4 nitrogen and oxygen atoms in total. The number of carbonyl (C=O) groups excluding carboxylic acids is 1. The molecule has 2 amide bonds. The molecule has 4 heteroatoms. The van der Waals surface area contributed by atoms with Gasteiger partial charge >= 0.3 is 6.03 Å². The van der Waals surface area contributed by atoms with Gasteiger partial charge in [-0.05, 0) is 13.3 Å². The molecule has 0 radical (unpaired) electrons. The molecular formula is C7H16N2O2. The van der Waals surface area contributed by atoms with Crippen LogP contribution in [0.4, 0.5) is 4.79 Å². The highest BCUT2D eigenvalue weighted by atomic mass is 16.3. The van der Waals surface area contributed by atoms with Crippen LogP contribution in [-0.4, -0.2) is 30.3 Å². The van der Waals surface area contributed by atoms with E-state index in [0.29, 0.717) is 6.54 Å². The lowest BCUT2D eigenvalue weighted by Crippen LogP contribution is -2.41. The molecule has 0 rings (SSSR count). The summed E-state index contributed by atoms with van der Waals surface area (Å²) in [6, 6.07) is -0.0258. The van der Waals surface area contributed by atoms with Crippen molar-refractivity contribution in [2.24, 2.45) is 0 Å². The van der Waals surface area contributed by atoms with Crippen molar-refractivity contribution in [3.63, 3.8) is 0 Å². The number of rotatable bonds is 4. The minimum Gasteiger partial charge on any atom is -0.395 e. The van der Waals surface area contributed by atoms with E-state index in [0.717, 1.165) is 6.42 Å². The third kappa shape index (κ3) is 5.66. The van der Waals surface area contributed by atoms with Crippen LogP contribution in [0.2, 0.25) is 0 Å². The summed E-state index contributed by atoms with van der Waals surface area (Å²) in [6.07, 6.45) is 0.909. The number of hydrogen-bond acceptors (Lipinski definition) is 2. The first kappa shape index (κ1) is 10.2. The Labute approximate surface area is 67.0 Å². The van der Waals surface area contributed by atoms with Crippen LogP contribution in [0.3, 0.4) is 0 Å². The monoisotopic (exact) mass is 160 g/mol. The van der Waals surface area contributed by atoms with Gasteiger partial charge in [0.1, 0.15) is 0 Å². The summed E-state index contributed by atoms with van der Waals surface area (Å²) < 4.78 is 0. The summed E-state index contributed by atoms with van der Waals surface area (Å²) in [4.78, 5) is 10.8. The molecular weight excluding hydrogens is 144 g/mol. The summed E-state index contributed by atoms with van der Waals surface area (Å²) in [6.45, 7) is 4.21. The van der Waals surface area contributed by atoms with Crippen molar-refractivity contribution in [1.29, 1.82) is 0 Å². The second kappa shape index (κ2) is 5.97. The topological polar surface area (TPSA) is 61.4 Å². The molecule has 0 fully saturated rings. The molecule has 0 aliphatic heterocycles. The Kier molecular flexibility index (Phi) is 5.56. The summed E-state index contributed by atoms with van der Waals surface area (Å²) in [7, 11) is 0. The molecule has 0 aromatic rings. The largest absolute Gasteiger partial charge is 0.395 e. The van der Waals surface area contributed by atoms with Crippen molar-refractivity contribution in [3.8, 4) is 0 Å². The van der Waals surface area contributed by atoms with Crippen LogP contribution in [0.1, 0.15) is 20.3 Å². The minimum atomic E-state index is -0.214. The summed E-state index contributed by atoms with van der Waals surface area (Å²) >= 11 is 0. The molecule has 0 aliphatic rings. The van der Waals surface area contributed by atoms with Crippen molar-refractivity contribution in [2.45, 2.75) is 26.3 Å². The van der Waals surface area contributed by atoms with E-state index in [-0.39, 0.29) is 18.7 Å². The van der Waals surface area contributed by atoms with Crippen LogP contribution in [0.25, 0.3) is 0 Å². The standard InChI is InChI=1S/C7H16N2O2/c1-3-6(2)9-7(11)8-4-5-10/h6,10H,3-5H2,1-2H3,(H2,8,9,11). The van der Waals surface area contributed by atoms with Gasteiger partial charge < -0.3 is 15.7 Å². The Morgan fingerprint density at radius 3 is 2.73 bits per heavy atom. The maximum atomic E-state index is 10.8. The van der Waals surface area contributed by atoms with Gasteiger partial charge in [-0.3, -0.25) is 0 Å². The van der Waals surface area contributed by atoms with E-state index < -0.39 is 0 Å². The normalized spacial score (nSPS) is 12.3. The van der Waals surface area contributed by atoms with Crippen LogP contribution >= 0.6 is 0 Å². The molecule has 0 aromatic carbocycles. The fourth-order valence-corrected chi connectivity index (χ4v) is 0.546. The first-order valence-corrected chi connectivity index (χ1v) is 3.86. The van der Waals surface area contributed by atoms with Crippen LogP contribution in [0.15, 0.2) is 0 Å². The zero-order valence-corrected chi connectivity index (χ0v) is 7.05. The minimum absolute atomic E-state index is 0.0199. The fraction of sp³-hybridized carbons (Fsp3) is 0.857. The average Bonchev–Trinajstić information content (AvgIpc) is 2.00. The van der Waals surface area contributed by atoms with Gasteiger partial charge in [0.25, 0.3) is 0 Å². The van der Waals surface area contributed by atoms with Gasteiger partial charge in [0.15, 0.2) is 0 Å². The number of aliphatic hydroxyl groups excluding tert-OH is 1. The van der Waals surface area contributed by atoms with E-state index in [2.05, 4.69) is 10.6 Å². The van der Waals surface area contributed by atoms with E-state index >= 15 is 0 Å². The molecule has 0 aliphatic carbocycles. The Morgan fingerprint density at radius 1 is 1.64 bits per heavy atom. The summed E-state index contributed by atoms with van der Waals surface area (Å²) in [5.41, 5.74) is 0. The molecule has 0 saturated heterocycles. The molecule has 0 aromatic heterocycles. The lowest BCUT2D eigenvalue weighted by molar-refractivity contribution is 0.231. The maximum Gasteiger partial charge on any atom is 0.315 e. The Balaban J connectivity index is 3.36. The van der Waals surface area contributed by atoms with Gasteiger partial charge in [-0.2, -0.15) is 0 Å². The number of amides is 2. The highest BCUT2D eigenvalue weighted by Crippen LogP contribution is 1.85. The van der Waals surface area contributed by atoms with Crippen molar-refractivity contribution in [2.75, 3.05) is 13.2 Å². The van der Waals surface area contributed by atoms with Crippen LogP contribution in [0.5, 0.6) is 0 Å². The van der Waals surface area contributed by atoms with Crippen LogP contribution in [0, 0.1) is 0 Å². The quantitative estimate of drug-likeness (QED) is 0.545. The first-order valence-electron chi connectivity index (χ1n) is 3.86. The van der Waals surface area contributed by atoms with E-state index in [1.165, 1.54) is 0 Å².